The molecular weight excluding hydrogens is 271 g/mol. The molecule has 0 bridgehead atoms. The van der Waals surface area contributed by atoms with Gasteiger partial charge in [-0.1, -0.05) is 29.5 Å². The molecule has 0 amide bonds. The van der Waals surface area contributed by atoms with Crippen molar-refractivity contribution in [2.75, 3.05) is 11.9 Å². The number of nitrogens with zero attached hydrogens (tertiary/aromatic N) is 3. The highest BCUT2D eigenvalue weighted by atomic mass is 19.1. The lowest BCUT2D eigenvalue weighted by Crippen LogP contribution is -2.27. The molecule has 0 atom stereocenters. The lowest BCUT2D eigenvalue weighted by molar-refractivity contribution is 0.564. The van der Waals surface area contributed by atoms with Crippen LogP contribution in [0, 0.1) is 5.82 Å². The minimum atomic E-state index is -0.325. The Morgan fingerprint density at radius 2 is 1.86 bits per heavy atom. The zero-order valence-corrected chi connectivity index (χ0v) is 11.2. The van der Waals surface area contributed by atoms with Gasteiger partial charge in [0.05, 0.1) is 17.6 Å². The molecule has 106 valence electrons. The molecule has 1 heterocycles. The molecule has 2 aromatic carbocycles. The Morgan fingerprint density at radius 3 is 2.71 bits per heavy atom. The molecule has 0 aliphatic carbocycles. The summed E-state index contributed by atoms with van der Waals surface area (Å²) in [4.78, 5) is 12.2. The molecule has 6 heteroatoms. The third-order valence-corrected chi connectivity index (χ3v) is 3.14. The van der Waals surface area contributed by atoms with Crippen LogP contribution in [0.5, 0.6) is 0 Å². The third kappa shape index (κ3) is 2.74. The standard InChI is InChI=1S/C15H13FN4O/c16-12-6-2-4-8-14(12)17-9-10-20-15(21)11-5-1-3-7-13(11)18-19-20/h1-8,17H,9-10H2. The summed E-state index contributed by atoms with van der Waals surface area (Å²) in [7, 11) is 0. The van der Waals surface area contributed by atoms with Gasteiger partial charge in [-0.2, -0.15) is 0 Å². The topological polar surface area (TPSA) is 59.8 Å². The number of nitrogens with one attached hydrogen (secondary N) is 1. The summed E-state index contributed by atoms with van der Waals surface area (Å²) >= 11 is 0. The third-order valence-electron chi connectivity index (χ3n) is 3.14. The fourth-order valence-electron chi connectivity index (χ4n) is 2.07. The van der Waals surface area contributed by atoms with Gasteiger partial charge in [-0.25, -0.2) is 9.07 Å². The average molecular weight is 284 g/mol. The molecule has 0 radical (unpaired) electrons. The summed E-state index contributed by atoms with van der Waals surface area (Å²) in [5.41, 5.74) is 0.774. The summed E-state index contributed by atoms with van der Waals surface area (Å²) in [5, 5.41) is 11.3. The number of benzene rings is 2. The Balaban J connectivity index is 1.76. The van der Waals surface area contributed by atoms with Gasteiger partial charge in [0.15, 0.2) is 0 Å². The van der Waals surface area contributed by atoms with E-state index in [2.05, 4.69) is 15.6 Å². The number of fused-ring (bicyclic) bond motifs is 1. The van der Waals surface area contributed by atoms with E-state index in [0.29, 0.717) is 29.7 Å². The Labute approximate surface area is 120 Å². The molecule has 21 heavy (non-hydrogen) atoms. The van der Waals surface area contributed by atoms with E-state index in [0.717, 1.165) is 0 Å². The van der Waals surface area contributed by atoms with Crippen LogP contribution in [-0.4, -0.2) is 21.5 Å². The lowest BCUT2D eigenvalue weighted by Gasteiger charge is -2.08. The van der Waals surface area contributed by atoms with Crippen LogP contribution >= 0.6 is 0 Å². The first-order valence-corrected chi connectivity index (χ1v) is 6.56. The number of halogens is 1. The molecule has 0 fully saturated rings. The first-order valence-electron chi connectivity index (χ1n) is 6.56. The first kappa shape index (κ1) is 13.2. The maximum absolute atomic E-state index is 13.4. The van der Waals surface area contributed by atoms with E-state index in [1.807, 2.05) is 0 Å². The molecule has 1 aromatic heterocycles. The van der Waals surface area contributed by atoms with Crippen LogP contribution in [0.25, 0.3) is 10.9 Å². The predicted molar refractivity (Wildman–Crippen MR) is 78.7 cm³/mol. The average Bonchev–Trinajstić information content (AvgIpc) is 2.52. The van der Waals surface area contributed by atoms with E-state index >= 15 is 0 Å². The molecule has 0 saturated carbocycles. The van der Waals surface area contributed by atoms with E-state index in [1.165, 1.54) is 10.7 Å². The maximum atomic E-state index is 13.4. The summed E-state index contributed by atoms with van der Waals surface area (Å²) in [6, 6.07) is 13.4. The second-order valence-corrected chi connectivity index (χ2v) is 4.54. The van der Waals surface area contributed by atoms with Gasteiger partial charge in [0.25, 0.3) is 5.56 Å². The number of hydrogen-bond donors (Lipinski definition) is 1. The monoisotopic (exact) mass is 284 g/mol. The molecule has 0 spiro atoms. The zero-order chi connectivity index (χ0) is 14.7. The molecule has 3 rings (SSSR count). The molecule has 5 nitrogen and oxygen atoms in total. The summed E-state index contributed by atoms with van der Waals surface area (Å²) < 4.78 is 14.7. The van der Waals surface area contributed by atoms with Gasteiger partial charge in [-0.3, -0.25) is 4.79 Å². The van der Waals surface area contributed by atoms with Gasteiger partial charge in [0.1, 0.15) is 11.3 Å². The minimum Gasteiger partial charge on any atom is -0.381 e. The lowest BCUT2D eigenvalue weighted by atomic mass is 10.2. The Hall–Kier alpha value is -2.76. The van der Waals surface area contributed by atoms with E-state index in [9.17, 15) is 9.18 Å². The SMILES string of the molecule is O=c1c2ccccc2nnn1CCNc1ccccc1F. The number of para-hydroxylation sites is 1. The fraction of sp³-hybridized carbons (Fsp3) is 0.133. The van der Waals surface area contributed by atoms with Crippen LogP contribution in [0.1, 0.15) is 0 Å². The number of rotatable bonds is 4. The number of anilines is 1. The number of hydrogen-bond acceptors (Lipinski definition) is 4. The highest BCUT2D eigenvalue weighted by Gasteiger charge is 2.05. The van der Waals surface area contributed by atoms with Crippen molar-refractivity contribution >= 4 is 16.6 Å². The number of aromatic nitrogens is 3. The molecular formula is C15H13FN4O. The van der Waals surface area contributed by atoms with Gasteiger partial charge in [0, 0.05) is 6.54 Å². The van der Waals surface area contributed by atoms with Crippen molar-refractivity contribution in [2.24, 2.45) is 0 Å². The van der Waals surface area contributed by atoms with Crippen LogP contribution in [0.2, 0.25) is 0 Å². The predicted octanol–water partition coefficient (Wildman–Crippen LogP) is 2.04. The van der Waals surface area contributed by atoms with Crippen molar-refractivity contribution in [3.63, 3.8) is 0 Å². The van der Waals surface area contributed by atoms with E-state index in [4.69, 9.17) is 0 Å². The summed E-state index contributed by atoms with van der Waals surface area (Å²) in [6.07, 6.45) is 0. The zero-order valence-electron chi connectivity index (χ0n) is 11.2. The van der Waals surface area contributed by atoms with E-state index in [1.54, 1.807) is 42.5 Å². The normalized spacial score (nSPS) is 10.7. The Bertz CT molecular complexity index is 831. The second-order valence-electron chi connectivity index (χ2n) is 4.54. The maximum Gasteiger partial charge on any atom is 0.277 e. The highest BCUT2D eigenvalue weighted by Crippen LogP contribution is 2.11. The smallest absolute Gasteiger partial charge is 0.277 e. The summed E-state index contributed by atoms with van der Waals surface area (Å²) in [5.74, 6) is -0.325. The van der Waals surface area contributed by atoms with Crippen molar-refractivity contribution in [3.8, 4) is 0 Å². The fourth-order valence-corrected chi connectivity index (χ4v) is 2.07. The van der Waals surface area contributed by atoms with E-state index in [-0.39, 0.29) is 11.4 Å². The van der Waals surface area contributed by atoms with Gasteiger partial charge >= 0.3 is 0 Å². The van der Waals surface area contributed by atoms with Crippen LogP contribution < -0.4 is 10.9 Å². The highest BCUT2D eigenvalue weighted by molar-refractivity contribution is 5.76. The van der Waals surface area contributed by atoms with Crippen LogP contribution in [-0.2, 0) is 6.54 Å². The van der Waals surface area contributed by atoms with Gasteiger partial charge in [-0.05, 0) is 24.3 Å². The molecule has 1 N–H and O–H groups in total. The first-order chi connectivity index (χ1) is 10.3. The Morgan fingerprint density at radius 1 is 1.10 bits per heavy atom. The Kier molecular flexibility index (Phi) is 3.59. The molecule has 0 unspecified atom stereocenters. The largest absolute Gasteiger partial charge is 0.381 e. The van der Waals surface area contributed by atoms with Gasteiger partial charge < -0.3 is 5.32 Å². The van der Waals surface area contributed by atoms with Crippen molar-refractivity contribution in [3.05, 3.63) is 64.7 Å². The second kappa shape index (κ2) is 5.70. The summed E-state index contributed by atoms with van der Waals surface area (Å²) in [6.45, 7) is 0.693. The van der Waals surface area contributed by atoms with E-state index < -0.39 is 0 Å². The quantitative estimate of drug-likeness (QED) is 0.796. The van der Waals surface area contributed by atoms with Gasteiger partial charge in [0.2, 0.25) is 0 Å². The molecule has 3 aromatic rings. The molecule has 0 aliphatic heterocycles. The van der Waals surface area contributed by atoms with Crippen LogP contribution in [0.15, 0.2) is 53.3 Å². The van der Waals surface area contributed by atoms with Crippen molar-refractivity contribution in [1.82, 2.24) is 15.0 Å². The van der Waals surface area contributed by atoms with Crippen molar-refractivity contribution in [2.45, 2.75) is 6.54 Å². The van der Waals surface area contributed by atoms with Crippen molar-refractivity contribution < 1.29 is 4.39 Å². The van der Waals surface area contributed by atoms with Gasteiger partial charge in [-0.15, -0.1) is 5.10 Å². The van der Waals surface area contributed by atoms with Crippen LogP contribution in [0.4, 0.5) is 10.1 Å². The molecule has 0 aliphatic rings. The van der Waals surface area contributed by atoms with Crippen molar-refractivity contribution in [1.29, 1.82) is 0 Å². The minimum absolute atomic E-state index is 0.198. The van der Waals surface area contributed by atoms with Crippen LogP contribution in [0.3, 0.4) is 0 Å². The molecule has 0 saturated heterocycles.